The molecule has 0 heterocycles. The van der Waals surface area contributed by atoms with Gasteiger partial charge in [0.1, 0.15) is 0 Å². The largest absolute Gasteiger partial charge is 1.00 e. The van der Waals surface area contributed by atoms with Gasteiger partial charge in [0.05, 0.1) is 0 Å². The number of hydrogen-bond acceptors (Lipinski definition) is 0. The Labute approximate surface area is 416 Å². The fourth-order valence-electron chi connectivity index (χ4n) is 6.74. The van der Waals surface area contributed by atoms with Crippen LogP contribution < -0.4 is 24.8 Å². The van der Waals surface area contributed by atoms with E-state index in [1.165, 1.54) is 66.8 Å². The van der Waals surface area contributed by atoms with Crippen LogP contribution in [0.15, 0.2) is 97.1 Å². The molecule has 0 N–H and O–H groups in total. The van der Waals surface area contributed by atoms with Crippen molar-refractivity contribution in [3.8, 4) is 22.3 Å². The van der Waals surface area contributed by atoms with Crippen LogP contribution in [0, 0.1) is 24.3 Å². The molecule has 0 aliphatic heterocycles. The van der Waals surface area contributed by atoms with Crippen molar-refractivity contribution in [3.63, 3.8) is 0 Å². The third kappa shape index (κ3) is 19.0. The molecule has 8 rings (SSSR count). The van der Waals surface area contributed by atoms with Gasteiger partial charge in [0.15, 0.2) is 0 Å². The van der Waals surface area contributed by atoms with E-state index in [0.717, 1.165) is 25.7 Å². The minimum Gasteiger partial charge on any atom is -1.00 e. The number of halogens is 2. The maximum Gasteiger partial charge on any atom is -0.109 e. The van der Waals surface area contributed by atoms with E-state index >= 15 is 0 Å². The van der Waals surface area contributed by atoms with Crippen molar-refractivity contribution in [3.05, 3.63) is 166 Å². The second kappa shape index (κ2) is 25.8. The van der Waals surface area contributed by atoms with E-state index in [0.29, 0.717) is 0 Å². The molecule has 4 aliphatic carbocycles. The zero-order valence-electron chi connectivity index (χ0n) is 40.8. The molecule has 0 nitrogen and oxygen atoms in total. The van der Waals surface area contributed by atoms with Gasteiger partial charge in [-0.1, -0.05) is 131 Å². The van der Waals surface area contributed by atoms with Gasteiger partial charge in [0, 0.05) is 0 Å². The van der Waals surface area contributed by atoms with Crippen LogP contribution in [0.1, 0.15) is 140 Å². The van der Waals surface area contributed by atoms with Crippen molar-refractivity contribution < 1.29 is 63.2 Å². The molecule has 4 aliphatic rings. The maximum atomic E-state index is 3.67. The molecule has 0 atom stereocenters. The van der Waals surface area contributed by atoms with Crippen LogP contribution in [0.4, 0.5) is 0 Å². The normalized spacial score (nSPS) is 13.2. The van der Waals surface area contributed by atoms with Crippen molar-refractivity contribution in [2.45, 2.75) is 157 Å². The average molecular weight is 968 g/mol. The molecule has 4 aromatic rings. The maximum absolute atomic E-state index is 3.67. The van der Waals surface area contributed by atoms with Gasteiger partial charge >= 0.3 is 76.9 Å². The molecule has 0 amide bonds. The minimum atomic E-state index is 0. The van der Waals surface area contributed by atoms with Gasteiger partial charge in [-0.05, 0) is 56.8 Å². The molecule has 0 aromatic heterocycles. The summed E-state index contributed by atoms with van der Waals surface area (Å²) in [6.07, 6.45) is 22.3. The van der Waals surface area contributed by atoms with E-state index < -0.39 is 0 Å². The van der Waals surface area contributed by atoms with Crippen molar-refractivity contribution in [2.75, 3.05) is 0 Å². The summed E-state index contributed by atoms with van der Waals surface area (Å²) >= 11 is 4.54. The van der Waals surface area contributed by atoms with Crippen LogP contribution >= 0.6 is 0 Å². The Morgan fingerprint density at radius 2 is 0.758 bits per heavy atom. The quantitative estimate of drug-likeness (QED) is 0.105. The first-order chi connectivity index (χ1) is 27.8. The summed E-state index contributed by atoms with van der Waals surface area (Å²) in [7, 11) is 0. The monoisotopic (exact) mass is 966 g/mol. The Hall–Kier alpha value is -1.72. The van der Waals surface area contributed by atoms with Crippen molar-refractivity contribution in [2.24, 2.45) is 0 Å². The zero-order chi connectivity index (χ0) is 45.1. The van der Waals surface area contributed by atoms with Gasteiger partial charge in [-0.25, -0.2) is 24.3 Å². The summed E-state index contributed by atoms with van der Waals surface area (Å²) in [6.45, 7) is 36.3. The van der Waals surface area contributed by atoms with Crippen LogP contribution in [0.3, 0.4) is 0 Å². The number of allylic oxidation sites excluding steroid dienone is 8. The molecule has 0 spiro atoms. The first-order valence-corrected chi connectivity index (χ1v) is 31.3. The van der Waals surface area contributed by atoms with Gasteiger partial charge in [-0.15, -0.1) is 35.1 Å². The first-order valence-electron chi connectivity index (χ1n) is 21.6. The Morgan fingerprint density at radius 3 is 0.984 bits per heavy atom. The Morgan fingerprint density at radius 1 is 0.452 bits per heavy atom. The van der Waals surface area contributed by atoms with Gasteiger partial charge in [0.25, 0.3) is 0 Å². The Kier molecular flexibility index (Phi) is 24.3. The number of rotatable bonds is 0. The number of fused-ring (bicyclic) bond motifs is 6. The van der Waals surface area contributed by atoms with Crippen LogP contribution in [-0.2, 0) is 72.8 Å². The van der Waals surface area contributed by atoms with Crippen molar-refractivity contribution >= 4 is 12.4 Å². The number of benzene rings is 4. The standard InChI is InChI=1S/2C21H25.2C5H5.2C2H6Si.2ClH.2Ti/c2*1-20(2,3)16-7-9-18-14(12-16)11-15-13-17(21(4,5)6)8-10-19(15)18;2*1-2-4-5-3-1;2*1-3-2;;;;/h2*7-10,12H,11H2,1-6H3;2*1-3H,4H2;2*1-2H3;2*1H;;/q4*-1;;;;;2*+2/p-2. The summed E-state index contributed by atoms with van der Waals surface area (Å²) in [4.78, 5) is 0. The molecule has 0 unspecified atom stereocenters. The SMILES string of the molecule is CC(C)(C)c1[c-]c2c(cc1)-c1ccc(C(C)(C)C)cc1C2.CC(C)(C)c1[c-]c2c(cc1)-c1ccc(C(C)(C)C)cc1C2.C[Si](C)=[Ti+2].C[Si](C)=[Ti+2].[C-]1=CC=CC1.[C-]1=CC=CC1.[Cl-].[Cl-]. The van der Waals surface area contributed by atoms with Crippen LogP contribution in [0.5, 0.6) is 0 Å². The first kappa shape index (κ1) is 58.3. The summed E-state index contributed by atoms with van der Waals surface area (Å²) in [5, 5.41) is 0. The van der Waals surface area contributed by atoms with E-state index in [9.17, 15) is 0 Å². The van der Waals surface area contributed by atoms with Crippen molar-refractivity contribution in [1.82, 2.24) is 0 Å². The Balaban J connectivity index is 0.000000434. The van der Waals surface area contributed by atoms with Crippen LogP contribution in [0.25, 0.3) is 22.3 Å². The summed E-state index contributed by atoms with van der Waals surface area (Å²) in [5.41, 5.74) is 17.4. The molecule has 0 bridgehead atoms. The van der Waals surface area contributed by atoms with Gasteiger partial charge in [-0.3, -0.25) is 12.2 Å². The molecular formula is C56H72Cl2Si2Ti2-2. The summed E-state index contributed by atoms with van der Waals surface area (Å²) in [6, 6.07) is 30.3. The topological polar surface area (TPSA) is 0 Å². The van der Waals surface area contributed by atoms with Gasteiger partial charge in [-0.2, -0.15) is 59.7 Å². The molecule has 0 radical (unpaired) electrons. The number of hydrogen-bond donors (Lipinski definition) is 0. The third-order valence-electron chi connectivity index (χ3n) is 10.1. The predicted molar refractivity (Wildman–Crippen MR) is 260 cm³/mol. The molecule has 0 saturated carbocycles. The molecule has 6 heteroatoms. The smallest absolute Gasteiger partial charge is 0.109 e. The molecule has 0 saturated heterocycles. The second-order valence-corrected chi connectivity index (χ2v) is 34.0. The molecule has 62 heavy (non-hydrogen) atoms. The average Bonchev–Trinajstić information content (AvgIpc) is 3.97. The van der Waals surface area contributed by atoms with E-state index in [4.69, 9.17) is 0 Å². The molecule has 328 valence electrons. The fourth-order valence-corrected chi connectivity index (χ4v) is 6.74. The van der Waals surface area contributed by atoms with Crippen LogP contribution in [0.2, 0.25) is 26.2 Å². The molecule has 4 aromatic carbocycles. The predicted octanol–water partition coefficient (Wildman–Crippen LogP) is 9.49. The van der Waals surface area contributed by atoms with E-state index in [-0.39, 0.29) is 58.8 Å². The summed E-state index contributed by atoms with van der Waals surface area (Å²) in [5.74, 6) is 0. The van der Waals surface area contributed by atoms with E-state index in [2.05, 4.69) is 245 Å². The van der Waals surface area contributed by atoms with Crippen LogP contribution in [-0.4, -0.2) is 12.4 Å². The zero-order valence-corrected chi connectivity index (χ0v) is 47.5. The Bertz CT molecular complexity index is 1920. The second-order valence-electron chi connectivity index (χ2n) is 20.6. The minimum absolute atomic E-state index is 0. The molecule has 0 fully saturated rings. The van der Waals surface area contributed by atoms with Gasteiger partial charge < -0.3 is 24.8 Å². The van der Waals surface area contributed by atoms with E-state index in [1.54, 1.807) is 0 Å². The van der Waals surface area contributed by atoms with Gasteiger partial charge in [0.2, 0.25) is 0 Å². The van der Waals surface area contributed by atoms with E-state index in [1.807, 2.05) is 24.3 Å². The van der Waals surface area contributed by atoms with Crippen molar-refractivity contribution in [1.29, 1.82) is 0 Å². The molecular weight excluding hydrogens is 895 g/mol. The fraction of sp³-hybridized carbons (Fsp3) is 0.429. The third-order valence-corrected chi connectivity index (χ3v) is 10.1. The summed E-state index contributed by atoms with van der Waals surface area (Å²) < 4.78 is 0.